The van der Waals surface area contributed by atoms with Gasteiger partial charge in [-0.25, -0.2) is 0 Å². The molecule has 1 aliphatic heterocycles. The van der Waals surface area contributed by atoms with Crippen LogP contribution in [0.1, 0.15) is 15.9 Å². The van der Waals surface area contributed by atoms with Gasteiger partial charge in [-0.05, 0) is 42.0 Å². The molecule has 1 aliphatic rings. The van der Waals surface area contributed by atoms with Gasteiger partial charge in [-0.3, -0.25) is 4.79 Å². The standard InChI is InChI=1S/C18H15ClO4/c1-21-16-7-4-13(19)11-14(16)15(20)5-2-12-3-6-17-18(10-12)23-9-8-22-17/h2-7,10-11H,8-9H2,1H3. The van der Waals surface area contributed by atoms with E-state index in [1.807, 2.05) is 18.2 Å². The number of allylic oxidation sites excluding steroid dienone is 1. The first-order chi connectivity index (χ1) is 11.2. The number of benzene rings is 2. The zero-order valence-electron chi connectivity index (χ0n) is 12.5. The van der Waals surface area contributed by atoms with Crippen molar-refractivity contribution in [2.45, 2.75) is 0 Å². The number of carbonyl (C=O) groups is 1. The van der Waals surface area contributed by atoms with Crippen molar-refractivity contribution in [3.8, 4) is 17.2 Å². The Hall–Kier alpha value is -2.46. The Kier molecular flexibility index (Phi) is 4.53. The van der Waals surface area contributed by atoms with Gasteiger partial charge in [-0.1, -0.05) is 23.7 Å². The number of hydrogen-bond acceptors (Lipinski definition) is 4. The molecule has 2 aromatic carbocycles. The molecule has 0 aromatic heterocycles. The molecule has 2 aromatic rings. The van der Waals surface area contributed by atoms with E-state index in [4.69, 9.17) is 25.8 Å². The SMILES string of the molecule is COc1ccc(Cl)cc1C(=O)C=Cc1ccc2c(c1)OCCO2. The van der Waals surface area contributed by atoms with E-state index in [1.165, 1.54) is 13.2 Å². The van der Waals surface area contributed by atoms with Crippen LogP contribution in [0.15, 0.2) is 42.5 Å². The number of fused-ring (bicyclic) bond motifs is 1. The Morgan fingerprint density at radius 2 is 1.91 bits per heavy atom. The molecule has 0 saturated heterocycles. The highest BCUT2D eigenvalue weighted by Crippen LogP contribution is 2.31. The van der Waals surface area contributed by atoms with E-state index in [1.54, 1.807) is 24.3 Å². The molecule has 0 fully saturated rings. The summed E-state index contributed by atoms with van der Waals surface area (Å²) in [4.78, 5) is 12.4. The summed E-state index contributed by atoms with van der Waals surface area (Å²) in [6.45, 7) is 1.08. The van der Waals surface area contributed by atoms with Crippen molar-refractivity contribution >= 4 is 23.5 Å². The van der Waals surface area contributed by atoms with Crippen LogP contribution in [-0.4, -0.2) is 26.1 Å². The molecule has 0 radical (unpaired) electrons. The summed E-state index contributed by atoms with van der Waals surface area (Å²) in [6.07, 6.45) is 3.21. The number of hydrogen-bond donors (Lipinski definition) is 0. The fraction of sp³-hybridized carbons (Fsp3) is 0.167. The van der Waals surface area contributed by atoms with Crippen molar-refractivity contribution in [1.82, 2.24) is 0 Å². The minimum Gasteiger partial charge on any atom is -0.496 e. The molecule has 0 unspecified atom stereocenters. The maximum absolute atomic E-state index is 12.4. The number of methoxy groups -OCH3 is 1. The quantitative estimate of drug-likeness (QED) is 0.627. The molecule has 3 rings (SSSR count). The topological polar surface area (TPSA) is 44.8 Å². The summed E-state index contributed by atoms with van der Waals surface area (Å²) >= 11 is 5.95. The predicted octanol–water partition coefficient (Wildman–Crippen LogP) is 4.02. The minimum absolute atomic E-state index is 0.181. The Balaban J connectivity index is 1.82. The zero-order valence-corrected chi connectivity index (χ0v) is 13.3. The van der Waals surface area contributed by atoms with E-state index < -0.39 is 0 Å². The lowest BCUT2D eigenvalue weighted by molar-refractivity contribution is 0.104. The second kappa shape index (κ2) is 6.75. The van der Waals surface area contributed by atoms with Crippen molar-refractivity contribution in [1.29, 1.82) is 0 Å². The number of ketones is 1. The smallest absolute Gasteiger partial charge is 0.189 e. The Bertz CT molecular complexity index is 768. The molecule has 118 valence electrons. The van der Waals surface area contributed by atoms with Crippen LogP contribution < -0.4 is 14.2 Å². The number of rotatable bonds is 4. The first-order valence-electron chi connectivity index (χ1n) is 7.13. The number of ether oxygens (including phenoxy) is 3. The van der Waals surface area contributed by atoms with Gasteiger partial charge >= 0.3 is 0 Å². The molecule has 5 heteroatoms. The molecule has 1 heterocycles. The molecule has 23 heavy (non-hydrogen) atoms. The van der Waals surface area contributed by atoms with Gasteiger partial charge in [0.15, 0.2) is 17.3 Å². The summed E-state index contributed by atoms with van der Waals surface area (Å²) in [5, 5.41) is 0.488. The van der Waals surface area contributed by atoms with Gasteiger partial charge in [0, 0.05) is 5.02 Å². The van der Waals surface area contributed by atoms with Crippen LogP contribution in [0.2, 0.25) is 5.02 Å². The fourth-order valence-electron chi connectivity index (χ4n) is 2.30. The van der Waals surface area contributed by atoms with Crippen molar-refractivity contribution < 1.29 is 19.0 Å². The third-order valence-electron chi connectivity index (χ3n) is 3.42. The molecule has 0 N–H and O–H groups in total. The molecule has 0 spiro atoms. The highest BCUT2D eigenvalue weighted by molar-refractivity contribution is 6.31. The largest absolute Gasteiger partial charge is 0.496 e. The lowest BCUT2D eigenvalue weighted by atomic mass is 10.1. The molecule has 0 atom stereocenters. The summed E-state index contributed by atoms with van der Waals surface area (Å²) in [6, 6.07) is 10.5. The molecule has 0 aliphatic carbocycles. The van der Waals surface area contributed by atoms with Gasteiger partial charge in [0.05, 0.1) is 12.7 Å². The van der Waals surface area contributed by atoms with Crippen molar-refractivity contribution in [3.63, 3.8) is 0 Å². The maximum atomic E-state index is 12.4. The van der Waals surface area contributed by atoms with E-state index in [9.17, 15) is 4.79 Å². The Labute approximate surface area is 139 Å². The first-order valence-corrected chi connectivity index (χ1v) is 7.51. The van der Waals surface area contributed by atoms with E-state index in [2.05, 4.69) is 0 Å². The zero-order chi connectivity index (χ0) is 16.2. The van der Waals surface area contributed by atoms with Crippen LogP contribution >= 0.6 is 11.6 Å². The molecular formula is C18H15ClO4. The first kappa shape index (κ1) is 15.4. The van der Waals surface area contributed by atoms with Gasteiger partial charge in [-0.15, -0.1) is 0 Å². The normalized spacial score (nSPS) is 13.1. The molecule has 4 nitrogen and oxygen atoms in total. The summed E-state index contributed by atoms with van der Waals surface area (Å²) in [7, 11) is 1.52. The van der Waals surface area contributed by atoms with Gasteiger partial charge in [0.25, 0.3) is 0 Å². The molecule has 0 bridgehead atoms. The highest BCUT2D eigenvalue weighted by Gasteiger charge is 2.12. The van der Waals surface area contributed by atoms with Crippen LogP contribution in [-0.2, 0) is 0 Å². The van der Waals surface area contributed by atoms with E-state index in [0.29, 0.717) is 35.3 Å². The maximum Gasteiger partial charge on any atom is 0.189 e. The van der Waals surface area contributed by atoms with Crippen LogP contribution in [0.4, 0.5) is 0 Å². The van der Waals surface area contributed by atoms with Crippen molar-refractivity contribution in [2.75, 3.05) is 20.3 Å². The van der Waals surface area contributed by atoms with Crippen molar-refractivity contribution in [2.24, 2.45) is 0 Å². The fourth-order valence-corrected chi connectivity index (χ4v) is 2.47. The van der Waals surface area contributed by atoms with E-state index in [-0.39, 0.29) is 5.78 Å². The second-order valence-electron chi connectivity index (χ2n) is 4.95. The van der Waals surface area contributed by atoms with Gasteiger partial charge in [0.1, 0.15) is 19.0 Å². The summed E-state index contributed by atoms with van der Waals surface area (Å²) in [5.74, 6) is 1.72. The highest BCUT2D eigenvalue weighted by atomic mass is 35.5. The van der Waals surface area contributed by atoms with Gasteiger partial charge < -0.3 is 14.2 Å². The minimum atomic E-state index is -0.181. The molecule has 0 saturated carbocycles. The molecular weight excluding hydrogens is 316 g/mol. The number of carbonyl (C=O) groups excluding carboxylic acids is 1. The van der Waals surface area contributed by atoms with Gasteiger partial charge in [-0.2, -0.15) is 0 Å². The van der Waals surface area contributed by atoms with Crippen LogP contribution in [0, 0.1) is 0 Å². The third kappa shape index (κ3) is 3.48. The average molecular weight is 331 g/mol. The summed E-state index contributed by atoms with van der Waals surface area (Å²) < 4.78 is 16.2. The van der Waals surface area contributed by atoms with Crippen LogP contribution in [0.3, 0.4) is 0 Å². The lowest BCUT2D eigenvalue weighted by Crippen LogP contribution is -2.15. The second-order valence-corrected chi connectivity index (χ2v) is 5.38. The number of halogens is 1. The lowest BCUT2D eigenvalue weighted by Gasteiger charge is -2.18. The summed E-state index contributed by atoms with van der Waals surface area (Å²) in [5.41, 5.74) is 1.28. The van der Waals surface area contributed by atoms with Crippen LogP contribution in [0.25, 0.3) is 6.08 Å². The average Bonchev–Trinajstić information content (AvgIpc) is 2.59. The molecule has 0 amide bonds. The van der Waals surface area contributed by atoms with E-state index >= 15 is 0 Å². The van der Waals surface area contributed by atoms with Crippen molar-refractivity contribution in [3.05, 3.63) is 58.6 Å². The predicted molar refractivity (Wildman–Crippen MR) is 88.8 cm³/mol. The van der Waals surface area contributed by atoms with E-state index in [0.717, 1.165) is 11.3 Å². The monoisotopic (exact) mass is 330 g/mol. The Morgan fingerprint density at radius 1 is 1.13 bits per heavy atom. The van der Waals surface area contributed by atoms with Gasteiger partial charge in [0.2, 0.25) is 0 Å². The Morgan fingerprint density at radius 3 is 2.70 bits per heavy atom. The van der Waals surface area contributed by atoms with Crippen LogP contribution in [0.5, 0.6) is 17.2 Å². The third-order valence-corrected chi connectivity index (χ3v) is 3.66.